The number of furan rings is 1. The smallest absolute Gasteiger partial charge is 0.136 e. The third-order valence-corrected chi connectivity index (χ3v) is 13.9. The number of aromatic nitrogens is 1. The Labute approximate surface area is 380 Å². The second-order valence-corrected chi connectivity index (χ2v) is 17.5. The summed E-state index contributed by atoms with van der Waals surface area (Å²) in [4.78, 5) is 0. The first-order valence-electron chi connectivity index (χ1n) is 22.8. The Morgan fingerprint density at radius 3 is 1.14 bits per heavy atom. The van der Waals surface area contributed by atoms with Crippen LogP contribution in [0.1, 0.15) is 0 Å². The first-order chi connectivity index (χ1) is 32.8. The molecule has 0 radical (unpaired) electrons. The van der Waals surface area contributed by atoms with Gasteiger partial charge in [-0.3, -0.25) is 0 Å². The molecule has 0 spiro atoms. The lowest BCUT2D eigenvalue weighted by Crippen LogP contribution is -1.95. The van der Waals surface area contributed by atoms with Gasteiger partial charge in [0.25, 0.3) is 0 Å². The predicted molar refractivity (Wildman–Crippen MR) is 280 cm³/mol. The number of hydrogen-bond donors (Lipinski definition) is 0. The molecular formula is C64H39NO. The van der Waals surface area contributed by atoms with Gasteiger partial charge in [-0.15, -0.1) is 0 Å². The van der Waals surface area contributed by atoms with Gasteiger partial charge in [0.1, 0.15) is 11.2 Å². The maximum absolute atomic E-state index is 6.78. The van der Waals surface area contributed by atoms with Gasteiger partial charge in [-0.1, -0.05) is 188 Å². The zero-order valence-corrected chi connectivity index (χ0v) is 35.9. The summed E-state index contributed by atoms with van der Waals surface area (Å²) in [5, 5.41) is 14.6. The lowest BCUT2D eigenvalue weighted by atomic mass is 9.85. The largest absolute Gasteiger partial charge is 0.456 e. The van der Waals surface area contributed by atoms with Crippen molar-refractivity contribution in [3.63, 3.8) is 0 Å². The van der Waals surface area contributed by atoms with Gasteiger partial charge in [-0.2, -0.15) is 0 Å². The van der Waals surface area contributed by atoms with Crippen LogP contribution in [0, 0.1) is 0 Å². The third kappa shape index (κ3) is 5.42. The standard InChI is InChI=1S/C64H39NO/c1-2-17-40(18-3-1)61-48-23-4-6-25-50(48)63(51-26-7-5-24-49(51)61)42-34-36-59-56(38-42)47-35-33-43(39-60(47)66-59)64-54-29-10-8-27-52(54)62(53-28-9-11-30-55(53)64)41-19-16-20-44(37-41)65-57-31-14-12-21-45(57)46-22-13-15-32-58(46)65/h1-39H. The van der Waals surface area contributed by atoms with E-state index >= 15 is 0 Å². The summed E-state index contributed by atoms with van der Waals surface area (Å²) in [6.07, 6.45) is 0. The average Bonchev–Trinajstić information content (AvgIpc) is 3.92. The zero-order valence-electron chi connectivity index (χ0n) is 35.9. The van der Waals surface area contributed by atoms with Crippen LogP contribution in [0.3, 0.4) is 0 Å². The van der Waals surface area contributed by atoms with Crippen molar-refractivity contribution < 1.29 is 4.42 Å². The van der Waals surface area contributed by atoms with Crippen molar-refractivity contribution in [3.05, 3.63) is 237 Å². The minimum absolute atomic E-state index is 0.880. The minimum Gasteiger partial charge on any atom is -0.456 e. The lowest BCUT2D eigenvalue weighted by molar-refractivity contribution is 0.669. The van der Waals surface area contributed by atoms with Crippen LogP contribution in [0.15, 0.2) is 241 Å². The van der Waals surface area contributed by atoms with Gasteiger partial charge in [0.05, 0.1) is 11.0 Å². The predicted octanol–water partition coefficient (Wildman–Crippen LogP) is 18.0. The first kappa shape index (κ1) is 36.7. The van der Waals surface area contributed by atoms with Crippen molar-refractivity contribution in [2.24, 2.45) is 0 Å². The van der Waals surface area contributed by atoms with Crippen molar-refractivity contribution >= 4 is 86.8 Å². The number of hydrogen-bond acceptors (Lipinski definition) is 1. The molecule has 0 aliphatic heterocycles. The Hall–Kier alpha value is -8.72. The fourth-order valence-electron chi connectivity index (χ4n) is 11.2. The molecule has 2 heteroatoms. The van der Waals surface area contributed by atoms with Gasteiger partial charge in [0.15, 0.2) is 0 Å². The van der Waals surface area contributed by atoms with Crippen molar-refractivity contribution in [2.45, 2.75) is 0 Å². The number of nitrogens with zero attached hydrogens (tertiary/aromatic N) is 1. The van der Waals surface area contributed by atoms with E-state index < -0.39 is 0 Å². The van der Waals surface area contributed by atoms with Crippen LogP contribution in [0.5, 0.6) is 0 Å². The quantitative estimate of drug-likeness (QED) is 0.158. The topological polar surface area (TPSA) is 18.1 Å². The molecule has 12 aromatic carbocycles. The summed E-state index contributed by atoms with van der Waals surface area (Å²) in [6, 6.07) is 86.4. The van der Waals surface area contributed by atoms with Crippen molar-refractivity contribution in [1.29, 1.82) is 0 Å². The van der Waals surface area contributed by atoms with Crippen molar-refractivity contribution in [2.75, 3.05) is 0 Å². The Balaban J connectivity index is 0.936. The fraction of sp³-hybridized carbons (Fsp3) is 0. The summed E-state index contributed by atoms with van der Waals surface area (Å²) in [6.45, 7) is 0. The van der Waals surface area contributed by atoms with E-state index in [1.54, 1.807) is 0 Å². The van der Waals surface area contributed by atoms with E-state index in [0.29, 0.717) is 0 Å². The van der Waals surface area contributed by atoms with Crippen LogP contribution in [0.25, 0.3) is 137 Å². The molecule has 0 saturated heterocycles. The second kappa shape index (κ2) is 14.4. The van der Waals surface area contributed by atoms with Crippen LogP contribution in [0.4, 0.5) is 0 Å². The molecule has 306 valence electrons. The highest BCUT2D eigenvalue weighted by Crippen LogP contribution is 2.47. The molecule has 0 unspecified atom stereocenters. The van der Waals surface area contributed by atoms with Gasteiger partial charge in [-0.25, -0.2) is 0 Å². The summed E-state index contributed by atoms with van der Waals surface area (Å²) in [5.74, 6) is 0. The summed E-state index contributed by atoms with van der Waals surface area (Å²) in [5.41, 5.74) is 15.0. The van der Waals surface area contributed by atoms with E-state index in [0.717, 1.165) is 33.2 Å². The number of benzene rings is 12. The Morgan fingerprint density at radius 2 is 0.621 bits per heavy atom. The van der Waals surface area contributed by atoms with Gasteiger partial charge in [0.2, 0.25) is 0 Å². The fourth-order valence-corrected chi connectivity index (χ4v) is 11.2. The maximum Gasteiger partial charge on any atom is 0.136 e. The molecule has 0 bridgehead atoms. The zero-order chi connectivity index (χ0) is 43.3. The highest BCUT2D eigenvalue weighted by atomic mass is 16.3. The first-order valence-corrected chi connectivity index (χ1v) is 22.8. The highest BCUT2D eigenvalue weighted by molar-refractivity contribution is 6.24. The molecule has 2 heterocycles. The van der Waals surface area contributed by atoms with E-state index in [-0.39, 0.29) is 0 Å². The number of para-hydroxylation sites is 2. The molecule has 0 fully saturated rings. The molecule has 14 aromatic rings. The molecule has 0 amide bonds. The summed E-state index contributed by atoms with van der Waals surface area (Å²) >= 11 is 0. The monoisotopic (exact) mass is 837 g/mol. The van der Waals surface area contributed by atoms with Gasteiger partial charge >= 0.3 is 0 Å². The van der Waals surface area contributed by atoms with Crippen LogP contribution in [0.2, 0.25) is 0 Å². The Bertz CT molecular complexity index is 4120. The molecule has 0 atom stereocenters. The molecule has 0 aliphatic rings. The highest BCUT2D eigenvalue weighted by Gasteiger charge is 2.21. The Morgan fingerprint density at radius 1 is 0.227 bits per heavy atom. The second-order valence-electron chi connectivity index (χ2n) is 17.5. The molecule has 2 aromatic heterocycles. The molecule has 14 rings (SSSR count). The molecule has 0 aliphatic carbocycles. The van der Waals surface area contributed by atoms with Gasteiger partial charge in [-0.05, 0) is 136 Å². The van der Waals surface area contributed by atoms with E-state index in [1.165, 1.54) is 104 Å². The molecule has 66 heavy (non-hydrogen) atoms. The molecule has 0 N–H and O–H groups in total. The van der Waals surface area contributed by atoms with Gasteiger partial charge in [0, 0.05) is 27.2 Å². The van der Waals surface area contributed by atoms with E-state index in [4.69, 9.17) is 4.42 Å². The molecule has 0 saturated carbocycles. The normalized spacial score (nSPS) is 11.9. The van der Waals surface area contributed by atoms with Gasteiger partial charge < -0.3 is 8.98 Å². The molecular weight excluding hydrogens is 799 g/mol. The van der Waals surface area contributed by atoms with E-state index in [2.05, 4.69) is 241 Å². The van der Waals surface area contributed by atoms with E-state index in [1.807, 2.05) is 0 Å². The lowest BCUT2D eigenvalue weighted by Gasteiger charge is -2.18. The van der Waals surface area contributed by atoms with Crippen LogP contribution in [-0.4, -0.2) is 4.57 Å². The summed E-state index contributed by atoms with van der Waals surface area (Å²) < 4.78 is 9.19. The molecule has 2 nitrogen and oxygen atoms in total. The van der Waals surface area contributed by atoms with Crippen LogP contribution in [-0.2, 0) is 0 Å². The maximum atomic E-state index is 6.78. The number of fused-ring (bicyclic) bond motifs is 10. The summed E-state index contributed by atoms with van der Waals surface area (Å²) in [7, 11) is 0. The van der Waals surface area contributed by atoms with E-state index in [9.17, 15) is 0 Å². The number of rotatable bonds is 5. The van der Waals surface area contributed by atoms with Crippen LogP contribution < -0.4 is 0 Å². The minimum atomic E-state index is 0.880. The van der Waals surface area contributed by atoms with Crippen LogP contribution >= 0.6 is 0 Å². The third-order valence-electron chi connectivity index (χ3n) is 13.9. The van der Waals surface area contributed by atoms with Crippen molar-refractivity contribution in [3.8, 4) is 50.2 Å². The average molecular weight is 838 g/mol. The van der Waals surface area contributed by atoms with Crippen molar-refractivity contribution in [1.82, 2.24) is 4.57 Å². The Kier molecular flexibility index (Phi) is 8.02. The SMILES string of the molecule is c1ccc(-c2c3ccccc3c(-c3ccc4oc5cc(-c6c7ccccc7c(-c7cccc(-n8c9ccccc9c9ccccc98)c7)c7ccccc67)ccc5c4c3)c3ccccc23)cc1.